The van der Waals surface area contributed by atoms with Gasteiger partial charge in [-0.3, -0.25) is 9.59 Å². The summed E-state index contributed by atoms with van der Waals surface area (Å²) in [6, 6.07) is 49.0. The lowest BCUT2D eigenvalue weighted by Gasteiger charge is -2.27. The standard InChI is InChI=1S/C28H34N2O4.C18H24N2.C11H8O.C7H16N2/c1-29-15-8-12-23(29)14-16-30(19-21-11-7-10-20-9-5-6-13-24(20)21)28(31)22-17-25(32-2)27(34-4)26(18-22)33-3;1-20-13-5-9-17(20)11-12-19-14-16-8-4-7-15-6-2-3-10-18(15)16;12-8-10-6-3-5-9-4-1-2-7-11(9)10;1-9-6-2-3-7(9)4-5-8/h5-7,9-11,13,17-18,23H,8,12,14-16,19H2,1-4H3;2-4,6-8,10,17,19H,5,9,11-14H2,1H3;1-8H;7H,2-6,8H2,1H3. The second-order valence-corrected chi connectivity index (χ2v) is 20.3. The summed E-state index contributed by atoms with van der Waals surface area (Å²) < 4.78 is 16.4. The molecule has 3 atom stereocenters. The van der Waals surface area contributed by atoms with E-state index in [2.05, 4.69) is 114 Å². The highest BCUT2D eigenvalue weighted by atomic mass is 16.5. The van der Waals surface area contributed by atoms with Crippen molar-refractivity contribution in [2.75, 3.05) is 81.7 Å². The third-order valence-electron chi connectivity index (χ3n) is 15.5. The van der Waals surface area contributed by atoms with Gasteiger partial charge in [-0.05, 0) is 167 Å². The van der Waals surface area contributed by atoms with Gasteiger partial charge in [-0.15, -0.1) is 0 Å². The van der Waals surface area contributed by atoms with Gasteiger partial charge in [-0.1, -0.05) is 127 Å². The van der Waals surface area contributed by atoms with Crippen molar-refractivity contribution >= 4 is 44.5 Å². The maximum Gasteiger partial charge on any atom is 0.254 e. The molecule has 3 N–H and O–H groups in total. The van der Waals surface area contributed by atoms with E-state index in [9.17, 15) is 9.59 Å². The maximum atomic E-state index is 13.9. The molecule has 11 nitrogen and oxygen atoms in total. The number of ether oxygens (including phenoxy) is 3. The first-order valence-electron chi connectivity index (χ1n) is 27.1. The molecule has 1 amide bonds. The van der Waals surface area contributed by atoms with Crippen molar-refractivity contribution in [3.8, 4) is 17.2 Å². The number of benzene rings is 7. The fourth-order valence-corrected chi connectivity index (χ4v) is 11.1. The molecular weight excluding hydrogens is 933 g/mol. The van der Waals surface area contributed by atoms with Crippen molar-refractivity contribution < 1.29 is 23.8 Å². The minimum Gasteiger partial charge on any atom is -0.493 e. The number of aldehydes is 1. The van der Waals surface area contributed by atoms with Crippen LogP contribution in [0.25, 0.3) is 32.3 Å². The van der Waals surface area contributed by atoms with E-state index in [1.54, 1.807) is 33.5 Å². The molecule has 3 aliphatic rings. The van der Waals surface area contributed by atoms with Crippen LogP contribution in [0.3, 0.4) is 0 Å². The van der Waals surface area contributed by atoms with Gasteiger partial charge < -0.3 is 44.9 Å². The van der Waals surface area contributed by atoms with Gasteiger partial charge in [0.15, 0.2) is 17.8 Å². The Labute approximate surface area is 446 Å². The summed E-state index contributed by atoms with van der Waals surface area (Å²) in [6.45, 7) is 7.79. The van der Waals surface area contributed by atoms with Crippen LogP contribution >= 0.6 is 0 Å². The summed E-state index contributed by atoms with van der Waals surface area (Å²) in [7, 11) is 11.3. The molecule has 0 radical (unpaired) electrons. The number of nitrogens with zero attached hydrogens (tertiary/aromatic N) is 4. The largest absolute Gasteiger partial charge is 0.493 e. The summed E-state index contributed by atoms with van der Waals surface area (Å²) in [6.07, 6.45) is 12.1. The predicted molar refractivity (Wildman–Crippen MR) is 310 cm³/mol. The highest BCUT2D eigenvalue weighted by molar-refractivity contribution is 5.98. The second-order valence-electron chi connectivity index (χ2n) is 20.3. The number of carbonyl (C=O) groups is 2. The molecule has 3 unspecified atom stereocenters. The first-order valence-corrected chi connectivity index (χ1v) is 27.1. The Balaban J connectivity index is 0.000000167. The fourth-order valence-electron chi connectivity index (χ4n) is 11.1. The molecule has 10 rings (SSSR count). The Hall–Kier alpha value is -6.34. The van der Waals surface area contributed by atoms with E-state index < -0.39 is 0 Å². The Morgan fingerprint density at radius 3 is 1.57 bits per heavy atom. The average Bonchev–Trinajstić information content (AvgIpc) is 4.20. The van der Waals surface area contributed by atoms with Gasteiger partial charge in [0.1, 0.15) is 0 Å². The zero-order chi connectivity index (χ0) is 52.9. The van der Waals surface area contributed by atoms with E-state index in [4.69, 9.17) is 19.9 Å². The zero-order valence-corrected chi connectivity index (χ0v) is 45.5. The van der Waals surface area contributed by atoms with Gasteiger partial charge in [0, 0.05) is 48.9 Å². The summed E-state index contributed by atoms with van der Waals surface area (Å²) in [5.74, 6) is 1.39. The molecule has 3 fully saturated rings. The molecular formula is C64H82N6O5. The summed E-state index contributed by atoms with van der Waals surface area (Å²) in [4.78, 5) is 33.8. The third-order valence-corrected chi connectivity index (χ3v) is 15.5. The van der Waals surface area contributed by atoms with Crippen molar-refractivity contribution in [3.63, 3.8) is 0 Å². The minimum atomic E-state index is -0.0483. The number of nitrogens with two attached hydrogens (primary N) is 1. The number of carbonyl (C=O) groups excluding carboxylic acids is 2. The highest BCUT2D eigenvalue weighted by Gasteiger charge is 2.26. The summed E-state index contributed by atoms with van der Waals surface area (Å²) in [5.41, 5.74) is 9.27. The molecule has 0 bridgehead atoms. The molecule has 3 saturated heterocycles. The molecule has 0 aliphatic carbocycles. The fraction of sp³-hybridized carbons (Fsp3) is 0.406. The number of likely N-dealkylation sites (tertiary alicyclic amines) is 3. The molecule has 7 aromatic carbocycles. The van der Waals surface area contributed by atoms with Crippen molar-refractivity contribution in [1.29, 1.82) is 0 Å². The van der Waals surface area contributed by atoms with E-state index in [1.165, 1.54) is 91.6 Å². The number of hydrogen-bond donors (Lipinski definition) is 2. The van der Waals surface area contributed by atoms with Crippen LogP contribution in [0.1, 0.15) is 89.6 Å². The molecule has 0 saturated carbocycles. The molecule has 11 heteroatoms. The van der Waals surface area contributed by atoms with E-state index in [0.29, 0.717) is 41.9 Å². The van der Waals surface area contributed by atoms with Crippen molar-refractivity contribution in [2.24, 2.45) is 5.73 Å². The lowest BCUT2D eigenvalue weighted by molar-refractivity contribution is 0.0728. The Morgan fingerprint density at radius 2 is 1.07 bits per heavy atom. The molecule has 398 valence electrons. The molecule has 0 spiro atoms. The van der Waals surface area contributed by atoms with Crippen LogP contribution in [0.2, 0.25) is 0 Å². The smallest absolute Gasteiger partial charge is 0.254 e. The lowest BCUT2D eigenvalue weighted by atomic mass is 10.0. The van der Waals surface area contributed by atoms with E-state index in [0.717, 1.165) is 72.9 Å². The lowest BCUT2D eigenvalue weighted by Crippen LogP contribution is -2.35. The Kier molecular flexibility index (Phi) is 21.9. The normalized spacial score (nSPS) is 17.6. The van der Waals surface area contributed by atoms with Crippen LogP contribution in [0.15, 0.2) is 140 Å². The van der Waals surface area contributed by atoms with Gasteiger partial charge in [-0.2, -0.15) is 0 Å². The van der Waals surface area contributed by atoms with Crippen LogP contribution in [0, 0.1) is 0 Å². The minimum absolute atomic E-state index is 0.0483. The highest BCUT2D eigenvalue weighted by Crippen LogP contribution is 2.39. The molecule has 0 aromatic heterocycles. The quantitative estimate of drug-likeness (QED) is 0.0675. The van der Waals surface area contributed by atoms with Crippen LogP contribution in [0.5, 0.6) is 17.2 Å². The third kappa shape index (κ3) is 15.4. The number of fused-ring (bicyclic) bond motifs is 3. The SMILES string of the molecule is CN1CCCC1CCN.CN1CCCC1CCNCc1cccc2ccccc12.COc1cc(C(=O)N(CCC2CCCN2C)Cc2cccc3ccccc23)cc(OC)c1OC.O=Cc1cccc2ccccc12. The van der Waals surface area contributed by atoms with Crippen LogP contribution < -0.4 is 25.3 Å². The van der Waals surface area contributed by atoms with Crippen molar-refractivity contribution in [1.82, 2.24) is 24.9 Å². The number of hydrogen-bond acceptors (Lipinski definition) is 10. The van der Waals surface area contributed by atoms with Crippen molar-refractivity contribution in [2.45, 2.75) is 89.0 Å². The molecule has 3 heterocycles. The van der Waals surface area contributed by atoms with Crippen LogP contribution in [-0.2, 0) is 13.1 Å². The molecule has 75 heavy (non-hydrogen) atoms. The average molecular weight is 1020 g/mol. The number of rotatable bonds is 17. The van der Waals surface area contributed by atoms with E-state index >= 15 is 0 Å². The van der Waals surface area contributed by atoms with Gasteiger partial charge in [0.05, 0.1) is 21.3 Å². The topological polar surface area (TPSA) is 113 Å². The Bertz CT molecular complexity index is 2850. The number of amides is 1. The summed E-state index contributed by atoms with van der Waals surface area (Å²) >= 11 is 0. The first-order chi connectivity index (χ1) is 36.7. The molecule has 7 aromatic rings. The molecule has 3 aliphatic heterocycles. The van der Waals surface area contributed by atoms with Gasteiger partial charge in [-0.25, -0.2) is 0 Å². The van der Waals surface area contributed by atoms with E-state index in [1.807, 2.05) is 59.5 Å². The van der Waals surface area contributed by atoms with Crippen molar-refractivity contribution in [3.05, 3.63) is 162 Å². The van der Waals surface area contributed by atoms with E-state index in [-0.39, 0.29) is 5.91 Å². The maximum absolute atomic E-state index is 13.9. The first kappa shape index (κ1) is 56.4. The monoisotopic (exact) mass is 1010 g/mol. The zero-order valence-electron chi connectivity index (χ0n) is 45.5. The number of nitrogens with one attached hydrogen (secondary N) is 1. The number of methoxy groups -OCH3 is 3. The van der Waals surface area contributed by atoms with Gasteiger partial charge in [0.25, 0.3) is 5.91 Å². The van der Waals surface area contributed by atoms with Gasteiger partial charge >= 0.3 is 0 Å². The van der Waals surface area contributed by atoms with Crippen LogP contribution in [-0.4, -0.2) is 132 Å². The Morgan fingerprint density at radius 1 is 0.600 bits per heavy atom. The second kappa shape index (κ2) is 29.1. The predicted octanol–water partition coefficient (Wildman–Crippen LogP) is 11.5. The van der Waals surface area contributed by atoms with Gasteiger partial charge in [0.2, 0.25) is 5.75 Å². The summed E-state index contributed by atoms with van der Waals surface area (Å²) in [5, 5.41) is 10.8. The van der Waals surface area contributed by atoms with Crippen LogP contribution in [0.4, 0.5) is 0 Å².